The van der Waals surface area contributed by atoms with Gasteiger partial charge in [-0.2, -0.15) is 0 Å². The summed E-state index contributed by atoms with van der Waals surface area (Å²) in [6.45, 7) is 19.5. The van der Waals surface area contributed by atoms with Gasteiger partial charge in [-0.15, -0.1) is 0 Å². The molecule has 2 heterocycles. The number of hydrogen-bond donors (Lipinski definition) is 0. The minimum atomic E-state index is -0.603. The quantitative estimate of drug-likeness (QED) is 0.0784. The van der Waals surface area contributed by atoms with Crippen LogP contribution in [0.4, 0.5) is 0 Å². The zero-order valence-electron chi connectivity index (χ0n) is 71.1. The maximum absolute atomic E-state index is 14.9. The summed E-state index contributed by atoms with van der Waals surface area (Å²) in [6, 6.07) is 117. The number of fused-ring (bicyclic) bond motifs is 12. The van der Waals surface area contributed by atoms with Crippen LogP contribution in [0, 0.1) is 27.7 Å². The number of rotatable bonds is 19. The van der Waals surface area contributed by atoms with Gasteiger partial charge in [0.05, 0.1) is 11.4 Å². The van der Waals surface area contributed by atoms with E-state index >= 15 is 0 Å². The molecule has 0 aliphatic heterocycles. The van der Waals surface area contributed by atoms with Crippen molar-refractivity contribution in [2.45, 2.75) is 129 Å². The standard InChI is InChI=1S/2C50H44N2O2.C14H14.Zr/c2*1-32-25-34(47(53)45(27-32)49(3)41-20-9-5-16-37(41)38-17-6-10-21-42(38)49)29-52(31-36-15-13-14-24-51-36)30-35-26-33(2)28-46(48(35)54)50(4)43-22-11-7-18-39(43)40-19-8-12-23-44(40)50;1-3-7-13(8-4-1)11-12-14-9-5-2-6-10-14;/h2*5-28,53-54H,29-31H2,1-4H3;1-10H,11-12H2;/q;;;+4/p-4. The third-order valence-electron chi connectivity index (χ3n) is 26.5. The number of benzene rings is 14. The van der Waals surface area contributed by atoms with Gasteiger partial charge in [-0.1, -0.05) is 361 Å². The van der Waals surface area contributed by atoms with E-state index in [0.29, 0.717) is 39.3 Å². The van der Waals surface area contributed by atoms with Gasteiger partial charge in [0, 0.05) is 73.3 Å². The molecule has 0 saturated carbocycles. The molecule has 2 aromatic heterocycles. The van der Waals surface area contributed by atoms with Crippen LogP contribution in [-0.4, -0.2) is 19.8 Å². The van der Waals surface area contributed by atoms with Crippen molar-refractivity contribution in [2.75, 3.05) is 0 Å². The van der Waals surface area contributed by atoms with Crippen molar-refractivity contribution in [3.63, 3.8) is 0 Å². The maximum Gasteiger partial charge on any atom is 4.00 e. The fourth-order valence-electron chi connectivity index (χ4n) is 20.6. The first-order valence-electron chi connectivity index (χ1n) is 42.6. The van der Waals surface area contributed by atoms with Gasteiger partial charge in [0.25, 0.3) is 0 Å². The number of aryl methyl sites for hydroxylation is 6. The van der Waals surface area contributed by atoms with Crippen molar-refractivity contribution >= 4 is 0 Å². The van der Waals surface area contributed by atoms with Crippen LogP contribution in [0.5, 0.6) is 23.0 Å². The molecule has 9 heteroatoms. The molecule has 0 atom stereocenters. The Bertz CT molecular complexity index is 5710. The second-order valence-electron chi connectivity index (χ2n) is 34.5. The van der Waals surface area contributed by atoms with Crippen molar-refractivity contribution in [2.24, 2.45) is 0 Å². The Hall–Kier alpha value is -12.6. The van der Waals surface area contributed by atoms with E-state index in [4.69, 9.17) is 0 Å². The molecular formula is C114H98N4O4Zr. The van der Waals surface area contributed by atoms with Gasteiger partial charge in [0.1, 0.15) is 0 Å². The first-order chi connectivity index (χ1) is 59.3. The number of nitrogens with zero attached hydrogens (tertiary/aromatic N) is 4. The minimum absolute atomic E-state index is 0. The van der Waals surface area contributed by atoms with Crippen molar-refractivity contribution in [3.05, 3.63) is 486 Å². The molecule has 8 nitrogen and oxygen atoms in total. The van der Waals surface area contributed by atoms with E-state index in [1.54, 1.807) is 12.4 Å². The van der Waals surface area contributed by atoms with E-state index in [2.05, 4.69) is 354 Å². The summed E-state index contributed by atoms with van der Waals surface area (Å²) in [5.74, 6) is 0.165. The fourth-order valence-corrected chi connectivity index (χ4v) is 20.6. The van der Waals surface area contributed by atoms with Crippen LogP contribution < -0.4 is 20.4 Å². The Labute approximate surface area is 743 Å². The summed E-state index contributed by atoms with van der Waals surface area (Å²) in [4.78, 5) is 13.8. The monoisotopic (exact) mass is 1680 g/mol. The third kappa shape index (κ3) is 15.2. The number of aromatic nitrogens is 2. The summed E-state index contributed by atoms with van der Waals surface area (Å²) in [5.41, 5.74) is 30.9. The minimum Gasteiger partial charge on any atom is -0.872 e. The predicted octanol–water partition coefficient (Wildman–Crippen LogP) is 22.9. The van der Waals surface area contributed by atoms with Crippen LogP contribution in [0.15, 0.2) is 352 Å². The molecule has 16 aromatic rings. The van der Waals surface area contributed by atoms with E-state index in [1.807, 2.05) is 60.7 Å². The molecule has 0 radical (unpaired) electrons. The average molecular weight is 1680 g/mol. The van der Waals surface area contributed by atoms with Gasteiger partial charge in [-0.3, -0.25) is 19.8 Å². The Kier molecular flexibility index (Phi) is 23.1. The summed E-state index contributed by atoms with van der Waals surface area (Å²) >= 11 is 0. The SMILES string of the molecule is Cc1cc(CN(Cc2ccccn2)Cc2cc(C)cc(C3(C)c4ccccc4-c4ccccc43)c2[O-])c([O-])c(C2(C)c3ccccc3-c3ccccc32)c1.Cc1cc(CN(Cc2ccccn2)Cc2cc(C)cc(C3(C)c4ccccc4-c4ccccc43)c2[O-])c([O-])c(C2(C)c3ccccc3-c3ccccc32)c1.[Zr+4].c1ccc(CCc2ccccc2)cc1. The number of hydrogen-bond acceptors (Lipinski definition) is 8. The summed E-state index contributed by atoms with van der Waals surface area (Å²) in [5, 5.41) is 59.6. The van der Waals surface area contributed by atoms with Crippen LogP contribution in [0.25, 0.3) is 44.5 Å². The van der Waals surface area contributed by atoms with Crippen LogP contribution in [-0.2, 0) is 100.0 Å². The van der Waals surface area contributed by atoms with E-state index in [-0.39, 0.29) is 49.2 Å². The summed E-state index contributed by atoms with van der Waals surface area (Å²) in [6.07, 6.45) is 5.86. The molecule has 0 saturated heterocycles. The first-order valence-corrected chi connectivity index (χ1v) is 42.6. The van der Waals surface area contributed by atoms with Gasteiger partial charge >= 0.3 is 26.2 Å². The Balaban J connectivity index is 0.000000149. The van der Waals surface area contributed by atoms with E-state index in [1.165, 1.54) is 55.6 Å². The van der Waals surface area contributed by atoms with Gasteiger partial charge in [0.15, 0.2) is 0 Å². The van der Waals surface area contributed by atoms with Crippen LogP contribution in [0.3, 0.4) is 0 Å². The molecule has 0 bridgehead atoms. The van der Waals surface area contributed by atoms with Gasteiger partial charge in [-0.25, -0.2) is 0 Å². The zero-order chi connectivity index (χ0) is 84.0. The molecule has 602 valence electrons. The Morgan fingerprint density at radius 1 is 0.228 bits per heavy atom. The van der Waals surface area contributed by atoms with Crippen LogP contribution >= 0.6 is 0 Å². The molecule has 0 N–H and O–H groups in total. The normalized spacial score (nSPS) is 13.8. The van der Waals surface area contributed by atoms with Crippen LogP contribution in [0.1, 0.15) is 161 Å². The smallest absolute Gasteiger partial charge is 0.872 e. The topological polar surface area (TPSA) is 124 Å². The molecule has 0 amide bonds. The molecule has 4 aliphatic rings. The van der Waals surface area contributed by atoms with E-state index in [9.17, 15) is 20.4 Å². The summed E-state index contributed by atoms with van der Waals surface area (Å²) < 4.78 is 0. The summed E-state index contributed by atoms with van der Waals surface area (Å²) in [7, 11) is 0. The second-order valence-corrected chi connectivity index (χ2v) is 34.5. The number of pyridine rings is 2. The largest absolute Gasteiger partial charge is 4.00 e. The maximum atomic E-state index is 14.9. The molecule has 0 unspecified atom stereocenters. The average Bonchev–Trinajstić information content (AvgIpc) is 1.58. The van der Waals surface area contributed by atoms with Gasteiger partial charge < -0.3 is 20.4 Å². The predicted molar refractivity (Wildman–Crippen MR) is 487 cm³/mol. The molecule has 0 spiro atoms. The van der Waals surface area contributed by atoms with E-state index in [0.717, 1.165) is 135 Å². The molecule has 4 aliphatic carbocycles. The third-order valence-corrected chi connectivity index (χ3v) is 26.5. The second kappa shape index (κ2) is 34.4. The van der Waals surface area contributed by atoms with Gasteiger partial charge in [-0.05, 0) is 237 Å². The van der Waals surface area contributed by atoms with Crippen molar-refractivity contribution in [3.8, 4) is 67.5 Å². The van der Waals surface area contributed by atoms with Crippen molar-refractivity contribution < 1.29 is 46.6 Å². The molecule has 14 aromatic carbocycles. The Morgan fingerprint density at radius 3 is 0.626 bits per heavy atom. The molecule has 0 fully saturated rings. The first kappa shape index (κ1) is 82.7. The van der Waals surface area contributed by atoms with Gasteiger partial charge in [0.2, 0.25) is 0 Å². The molecule has 123 heavy (non-hydrogen) atoms. The van der Waals surface area contributed by atoms with Crippen molar-refractivity contribution in [1.29, 1.82) is 0 Å². The zero-order valence-corrected chi connectivity index (χ0v) is 73.5. The van der Waals surface area contributed by atoms with Crippen LogP contribution in [0.2, 0.25) is 0 Å². The van der Waals surface area contributed by atoms with E-state index < -0.39 is 21.7 Å². The molecule has 20 rings (SSSR count). The Morgan fingerprint density at radius 2 is 0.423 bits per heavy atom. The molecular weight excluding hydrogens is 1580 g/mol. The van der Waals surface area contributed by atoms with Crippen molar-refractivity contribution in [1.82, 2.24) is 19.8 Å². The fraction of sp³-hybridized carbons (Fsp3) is 0.175.